The van der Waals surface area contributed by atoms with Crippen LogP contribution < -0.4 is 22.1 Å². The van der Waals surface area contributed by atoms with Gasteiger partial charge >= 0.3 is 12.1 Å². The molecule has 2 atom stereocenters. The second kappa shape index (κ2) is 14.6. The largest absolute Gasteiger partial charge is 0.480 e. The molecule has 13 heteroatoms. The summed E-state index contributed by atoms with van der Waals surface area (Å²) < 4.78 is 16.4. The third-order valence-electron chi connectivity index (χ3n) is 4.80. The standard InChI is InChI=1S/C21H26N6O3S.C3H7NO2/c1-13(2)31(30)15-7-5-14(6-8-15)26-21-25-12-16(18-4-3-10-23-18)19(27-21)24-11-9-17(22)20(28)29;1-2-6-3(4)5/h3-8,10,12-13,17,23H,9,11,22H2,1-2H3,(H,28,29)(H2,24,25,26,27);2H2,1H3,(H2,4,5). The van der Waals surface area contributed by atoms with E-state index in [1.165, 1.54) is 0 Å². The van der Waals surface area contributed by atoms with Gasteiger partial charge in [0.25, 0.3) is 0 Å². The molecule has 0 saturated heterocycles. The third-order valence-corrected chi connectivity index (χ3v) is 6.39. The third kappa shape index (κ3) is 9.54. The molecule has 200 valence electrons. The van der Waals surface area contributed by atoms with Gasteiger partial charge in [-0.05, 0) is 49.7 Å². The zero-order valence-corrected chi connectivity index (χ0v) is 21.7. The number of hydrogen-bond acceptors (Lipinski definition) is 9. The smallest absolute Gasteiger partial charge is 0.404 e. The van der Waals surface area contributed by atoms with Gasteiger partial charge in [-0.1, -0.05) is 13.8 Å². The van der Waals surface area contributed by atoms with Crippen molar-refractivity contribution in [1.82, 2.24) is 15.0 Å². The van der Waals surface area contributed by atoms with E-state index in [9.17, 15) is 13.8 Å². The molecule has 8 N–H and O–H groups in total. The molecular formula is C24H33N7O5S. The molecule has 0 spiro atoms. The second-order valence-electron chi connectivity index (χ2n) is 7.95. The summed E-state index contributed by atoms with van der Waals surface area (Å²) in [6.45, 7) is 6.23. The van der Waals surface area contributed by atoms with Gasteiger partial charge in [0.2, 0.25) is 5.95 Å². The molecule has 0 aliphatic carbocycles. The minimum Gasteiger partial charge on any atom is -0.480 e. The van der Waals surface area contributed by atoms with Crippen LogP contribution in [-0.2, 0) is 20.3 Å². The quantitative estimate of drug-likeness (QED) is 0.214. The number of aromatic nitrogens is 3. The van der Waals surface area contributed by atoms with Gasteiger partial charge in [-0.25, -0.2) is 9.78 Å². The predicted octanol–water partition coefficient (Wildman–Crippen LogP) is 3.05. The van der Waals surface area contributed by atoms with E-state index in [0.29, 0.717) is 24.9 Å². The lowest BCUT2D eigenvalue weighted by Crippen LogP contribution is -2.32. The zero-order valence-electron chi connectivity index (χ0n) is 20.9. The summed E-state index contributed by atoms with van der Waals surface area (Å²) in [6.07, 6.45) is 3.02. The summed E-state index contributed by atoms with van der Waals surface area (Å²) in [5.74, 6) is -0.119. The normalized spacial score (nSPS) is 12.1. The molecule has 0 aliphatic heterocycles. The van der Waals surface area contributed by atoms with Gasteiger partial charge in [-0.15, -0.1) is 0 Å². The highest BCUT2D eigenvalue weighted by Crippen LogP contribution is 2.26. The number of primary amides is 1. The fraction of sp³-hybridized carbons (Fsp3) is 0.333. The van der Waals surface area contributed by atoms with Crippen LogP contribution in [-0.4, -0.2) is 60.8 Å². The van der Waals surface area contributed by atoms with Gasteiger partial charge in [0.05, 0.1) is 28.7 Å². The Hall–Kier alpha value is -3.97. The molecule has 1 amide bonds. The van der Waals surface area contributed by atoms with Crippen molar-refractivity contribution in [2.45, 2.75) is 43.4 Å². The number of carbonyl (C=O) groups is 2. The lowest BCUT2D eigenvalue weighted by molar-refractivity contribution is -0.138. The number of aliphatic carboxylic acids is 1. The number of rotatable bonds is 11. The van der Waals surface area contributed by atoms with Crippen LogP contribution in [0.4, 0.5) is 22.2 Å². The molecule has 0 fully saturated rings. The zero-order chi connectivity index (χ0) is 27.4. The molecule has 2 unspecified atom stereocenters. The molecule has 0 saturated carbocycles. The number of amides is 1. The molecule has 3 rings (SSSR count). The topological polar surface area (TPSA) is 198 Å². The second-order valence-corrected chi connectivity index (χ2v) is 9.96. The van der Waals surface area contributed by atoms with E-state index < -0.39 is 28.9 Å². The molecule has 0 aliphatic rings. The summed E-state index contributed by atoms with van der Waals surface area (Å²) in [4.78, 5) is 33.4. The van der Waals surface area contributed by atoms with Crippen molar-refractivity contribution in [3.05, 3.63) is 48.8 Å². The number of nitrogens with two attached hydrogens (primary N) is 2. The number of carbonyl (C=O) groups excluding carboxylic acids is 1. The van der Waals surface area contributed by atoms with Crippen LogP contribution in [0.3, 0.4) is 0 Å². The monoisotopic (exact) mass is 531 g/mol. The van der Waals surface area contributed by atoms with E-state index in [1.807, 2.05) is 50.2 Å². The molecular weight excluding hydrogens is 498 g/mol. The van der Waals surface area contributed by atoms with Crippen LogP contribution in [0.25, 0.3) is 11.3 Å². The van der Waals surface area contributed by atoms with Gasteiger partial charge < -0.3 is 36.9 Å². The number of anilines is 3. The van der Waals surface area contributed by atoms with E-state index in [4.69, 9.17) is 10.8 Å². The number of benzene rings is 1. The van der Waals surface area contributed by atoms with Crippen molar-refractivity contribution >= 4 is 40.3 Å². The van der Waals surface area contributed by atoms with Crippen molar-refractivity contribution in [1.29, 1.82) is 0 Å². The number of ether oxygens (including phenoxy) is 1. The summed E-state index contributed by atoms with van der Waals surface area (Å²) in [5, 5.41) is 15.3. The van der Waals surface area contributed by atoms with Crippen LogP contribution in [0.5, 0.6) is 0 Å². The molecule has 2 heterocycles. The van der Waals surface area contributed by atoms with E-state index >= 15 is 0 Å². The van der Waals surface area contributed by atoms with Gasteiger partial charge in [0.15, 0.2) is 0 Å². The van der Waals surface area contributed by atoms with Gasteiger partial charge in [0, 0.05) is 34.8 Å². The first-order chi connectivity index (χ1) is 17.6. The Morgan fingerprint density at radius 3 is 2.43 bits per heavy atom. The van der Waals surface area contributed by atoms with E-state index in [2.05, 4.69) is 36.1 Å². The Morgan fingerprint density at radius 1 is 1.22 bits per heavy atom. The maximum atomic E-state index is 12.2. The average molecular weight is 532 g/mol. The number of hydrogen-bond donors (Lipinski definition) is 6. The summed E-state index contributed by atoms with van der Waals surface area (Å²) in [7, 11) is -1.05. The fourth-order valence-electron chi connectivity index (χ4n) is 2.96. The first-order valence-corrected chi connectivity index (χ1v) is 12.8. The van der Waals surface area contributed by atoms with Gasteiger partial charge in [0.1, 0.15) is 11.9 Å². The highest BCUT2D eigenvalue weighted by atomic mass is 32.2. The van der Waals surface area contributed by atoms with Crippen molar-refractivity contribution in [3.63, 3.8) is 0 Å². The van der Waals surface area contributed by atoms with Gasteiger partial charge in [-0.3, -0.25) is 9.00 Å². The maximum Gasteiger partial charge on any atom is 0.404 e. The Bertz CT molecular complexity index is 1170. The molecule has 2 aromatic heterocycles. The Kier molecular flexibility index (Phi) is 11.5. The van der Waals surface area contributed by atoms with E-state index in [1.54, 1.807) is 19.3 Å². The molecule has 0 bridgehead atoms. The Morgan fingerprint density at radius 2 is 1.92 bits per heavy atom. The van der Waals surface area contributed by atoms with Crippen LogP contribution in [0.2, 0.25) is 0 Å². The number of nitrogens with one attached hydrogen (secondary N) is 3. The van der Waals surface area contributed by atoms with Crippen molar-refractivity contribution in [3.8, 4) is 11.3 Å². The van der Waals surface area contributed by atoms with Crippen LogP contribution in [0.15, 0.2) is 53.7 Å². The van der Waals surface area contributed by atoms with Crippen molar-refractivity contribution < 1.29 is 23.6 Å². The van der Waals surface area contributed by atoms with Crippen molar-refractivity contribution in [2.24, 2.45) is 11.5 Å². The Balaban J connectivity index is 0.000000717. The van der Waals surface area contributed by atoms with E-state index in [-0.39, 0.29) is 11.7 Å². The lowest BCUT2D eigenvalue weighted by atomic mass is 10.2. The Labute approximate surface area is 217 Å². The van der Waals surface area contributed by atoms with Gasteiger partial charge in [-0.2, -0.15) is 4.98 Å². The fourth-order valence-corrected chi connectivity index (χ4v) is 3.91. The number of carboxylic acid groups (broad SMARTS) is 1. The highest BCUT2D eigenvalue weighted by Gasteiger charge is 2.14. The minimum atomic E-state index is -1.05. The van der Waals surface area contributed by atoms with Crippen LogP contribution >= 0.6 is 0 Å². The SMILES string of the molecule is CC(C)S(=O)c1ccc(Nc2ncc(-c3ccc[nH]3)c(NCCC(N)C(=O)O)n2)cc1.CCOC(N)=O. The van der Waals surface area contributed by atoms with Crippen molar-refractivity contribution in [2.75, 3.05) is 23.8 Å². The summed E-state index contributed by atoms with van der Waals surface area (Å²) >= 11 is 0. The van der Waals surface area contributed by atoms with Crippen LogP contribution in [0.1, 0.15) is 27.2 Å². The molecule has 12 nitrogen and oxygen atoms in total. The predicted molar refractivity (Wildman–Crippen MR) is 143 cm³/mol. The maximum absolute atomic E-state index is 12.2. The molecule has 37 heavy (non-hydrogen) atoms. The minimum absolute atomic E-state index is 0.0468. The van der Waals surface area contributed by atoms with E-state index in [0.717, 1.165) is 21.8 Å². The average Bonchev–Trinajstić information content (AvgIpc) is 3.39. The lowest BCUT2D eigenvalue weighted by Gasteiger charge is -2.14. The molecule has 1 aromatic carbocycles. The first kappa shape index (κ1) is 29.3. The molecule has 3 aromatic rings. The number of carboxylic acids is 1. The summed E-state index contributed by atoms with van der Waals surface area (Å²) in [6, 6.07) is 10.1. The number of aromatic amines is 1. The first-order valence-electron chi connectivity index (χ1n) is 11.5. The molecule has 0 radical (unpaired) electrons. The highest BCUT2D eigenvalue weighted by molar-refractivity contribution is 7.85. The van der Waals surface area contributed by atoms with Crippen LogP contribution in [0, 0.1) is 0 Å². The number of H-pyrrole nitrogens is 1. The number of nitrogens with zero attached hydrogens (tertiary/aromatic N) is 2. The summed E-state index contributed by atoms with van der Waals surface area (Å²) in [5.41, 5.74) is 12.5.